The Kier molecular flexibility index (Phi) is 7.22. The van der Waals surface area contributed by atoms with Crippen molar-refractivity contribution in [2.24, 2.45) is 0 Å². The van der Waals surface area contributed by atoms with E-state index in [1.54, 1.807) is 4.90 Å². The molecule has 176 valence electrons. The molecule has 12 heteroatoms. The number of hydrogen-bond donors (Lipinski definition) is 0. The summed E-state index contributed by atoms with van der Waals surface area (Å²) >= 11 is 0. The van der Waals surface area contributed by atoms with E-state index in [-0.39, 0.29) is 31.2 Å². The zero-order chi connectivity index (χ0) is 23.5. The second kappa shape index (κ2) is 9.72. The standard InChI is InChI=1S/C20H25F3N4O5/c1-32-19(29)25-8-9-26(16(13-25)12-24-6-2-3-7-24)18(28)10-14-4-5-15(20(21,22)23)11-17(14)27(30)31/h4-5,11,16H,2-3,6-10,12-13H2,1H3. The van der Waals surface area contributed by atoms with E-state index in [2.05, 4.69) is 4.90 Å². The molecule has 2 saturated heterocycles. The van der Waals surface area contributed by atoms with Crippen molar-refractivity contribution in [3.05, 3.63) is 39.4 Å². The number of alkyl halides is 3. The number of methoxy groups -OCH3 is 1. The summed E-state index contributed by atoms with van der Waals surface area (Å²) in [6, 6.07) is 1.84. The Morgan fingerprint density at radius 3 is 2.47 bits per heavy atom. The van der Waals surface area contributed by atoms with Gasteiger partial charge in [0.15, 0.2) is 0 Å². The molecule has 0 bridgehead atoms. The summed E-state index contributed by atoms with van der Waals surface area (Å²) in [4.78, 5) is 40.8. The first-order chi connectivity index (χ1) is 15.1. The Bertz CT molecular complexity index is 873. The number of nitrogens with zero attached hydrogens (tertiary/aromatic N) is 4. The molecule has 1 atom stereocenters. The van der Waals surface area contributed by atoms with Crippen molar-refractivity contribution in [1.29, 1.82) is 0 Å². The molecule has 1 aromatic carbocycles. The van der Waals surface area contributed by atoms with Gasteiger partial charge in [0.2, 0.25) is 5.91 Å². The molecule has 2 heterocycles. The Balaban J connectivity index is 1.79. The van der Waals surface area contributed by atoms with Gasteiger partial charge >= 0.3 is 12.3 Å². The van der Waals surface area contributed by atoms with Crippen molar-refractivity contribution < 1.29 is 32.4 Å². The van der Waals surface area contributed by atoms with Crippen molar-refractivity contribution in [2.45, 2.75) is 31.5 Å². The summed E-state index contributed by atoms with van der Waals surface area (Å²) < 4.78 is 43.6. The molecule has 0 saturated carbocycles. The maximum Gasteiger partial charge on any atom is 0.416 e. The van der Waals surface area contributed by atoms with E-state index in [9.17, 15) is 32.9 Å². The fourth-order valence-electron chi connectivity index (χ4n) is 4.22. The Hall–Kier alpha value is -2.89. The molecule has 32 heavy (non-hydrogen) atoms. The van der Waals surface area contributed by atoms with Gasteiger partial charge in [0, 0.05) is 37.8 Å². The molecule has 2 amide bonds. The summed E-state index contributed by atoms with van der Waals surface area (Å²) in [5.41, 5.74) is -1.96. The number of halogens is 3. The lowest BCUT2D eigenvalue weighted by molar-refractivity contribution is -0.385. The highest BCUT2D eigenvalue weighted by atomic mass is 19.4. The van der Waals surface area contributed by atoms with Gasteiger partial charge in [-0.25, -0.2) is 4.79 Å². The van der Waals surface area contributed by atoms with Crippen molar-refractivity contribution >= 4 is 17.7 Å². The van der Waals surface area contributed by atoms with Gasteiger partial charge in [0.1, 0.15) is 0 Å². The Morgan fingerprint density at radius 1 is 1.19 bits per heavy atom. The SMILES string of the molecule is COC(=O)N1CCN(C(=O)Cc2ccc(C(F)(F)F)cc2[N+](=O)[O-])C(CN2CCCC2)C1. The highest BCUT2D eigenvalue weighted by Gasteiger charge is 2.36. The summed E-state index contributed by atoms with van der Waals surface area (Å²) in [7, 11) is 1.28. The van der Waals surface area contributed by atoms with Gasteiger partial charge in [-0.2, -0.15) is 13.2 Å². The number of carbonyl (C=O) groups is 2. The number of ether oxygens (including phenoxy) is 1. The second-order valence-electron chi connectivity index (χ2n) is 7.94. The molecular weight excluding hydrogens is 433 g/mol. The molecule has 2 aliphatic rings. The molecule has 0 spiro atoms. The molecular formula is C20H25F3N4O5. The number of benzene rings is 1. The van der Waals surface area contributed by atoms with Crippen LogP contribution in [0.3, 0.4) is 0 Å². The minimum Gasteiger partial charge on any atom is -0.453 e. The minimum atomic E-state index is -4.72. The second-order valence-corrected chi connectivity index (χ2v) is 7.94. The minimum absolute atomic E-state index is 0.0803. The van der Waals surface area contributed by atoms with Crippen molar-refractivity contribution in [3.8, 4) is 0 Å². The largest absolute Gasteiger partial charge is 0.453 e. The number of hydrogen-bond acceptors (Lipinski definition) is 6. The third kappa shape index (κ3) is 5.47. The van der Waals surface area contributed by atoms with Gasteiger partial charge in [-0.1, -0.05) is 6.07 Å². The van der Waals surface area contributed by atoms with Gasteiger partial charge in [-0.05, 0) is 32.0 Å². The van der Waals surface area contributed by atoms with Crippen LogP contribution in [0.15, 0.2) is 18.2 Å². The van der Waals surface area contributed by atoms with Crippen LogP contribution in [0.2, 0.25) is 0 Å². The fourth-order valence-corrected chi connectivity index (χ4v) is 4.22. The van der Waals surface area contributed by atoms with E-state index in [4.69, 9.17) is 4.74 Å². The first-order valence-electron chi connectivity index (χ1n) is 10.3. The Morgan fingerprint density at radius 2 is 1.88 bits per heavy atom. The molecule has 9 nitrogen and oxygen atoms in total. The quantitative estimate of drug-likeness (QED) is 0.497. The van der Waals surface area contributed by atoms with E-state index in [0.29, 0.717) is 12.6 Å². The van der Waals surface area contributed by atoms with Crippen LogP contribution < -0.4 is 0 Å². The van der Waals surface area contributed by atoms with Crippen molar-refractivity contribution in [1.82, 2.24) is 14.7 Å². The number of nitro groups is 1. The van der Waals surface area contributed by atoms with E-state index in [0.717, 1.165) is 38.1 Å². The molecule has 0 radical (unpaired) electrons. The highest BCUT2D eigenvalue weighted by molar-refractivity contribution is 5.81. The van der Waals surface area contributed by atoms with Crippen LogP contribution in [-0.2, 0) is 22.1 Å². The van der Waals surface area contributed by atoms with Crippen LogP contribution in [-0.4, -0.2) is 84.0 Å². The van der Waals surface area contributed by atoms with Crippen LogP contribution >= 0.6 is 0 Å². The van der Waals surface area contributed by atoms with Crippen molar-refractivity contribution in [3.63, 3.8) is 0 Å². The summed E-state index contributed by atoms with van der Waals surface area (Å²) in [6.07, 6.45) is -3.54. The van der Waals surface area contributed by atoms with E-state index >= 15 is 0 Å². The van der Waals surface area contributed by atoms with Crippen LogP contribution in [0.25, 0.3) is 0 Å². The van der Waals surface area contributed by atoms with Crippen molar-refractivity contribution in [2.75, 3.05) is 46.4 Å². The normalized spacial score (nSPS) is 19.8. The van der Waals surface area contributed by atoms with Gasteiger partial charge in [0.25, 0.3) is 5.69 Å². The van der Waals surface area contributed by atoms with Crippen LogP contribution in [0, 0.1) is 10.1 Å². The first-order valence-corrected chi connectivity index (χ1v) is 10.3. The number of likely N-dealkylation sites (tertiary alicyclic amines) is 1. The number of carbonyl (C=O) groups excluding carboxylic acids is 2. The van der Waals surface area contributed by atoms with E-state index in [1.165, 1.54) is 12.0 Å². The lowest BCUT2D eigenvalue weighted by Crippen LogP contribution is -2.59. The van der Waals surface area contributed by atoms with Crippen LogP contribution in [0.1, 0.15) is 24.0 Å². The molecule has 0 aliphatic carbocycles. The molecule has 3 rings (SSSR count). The molecule has 2 aliphatic heterocycles. The summed E-state index contributed by atoms with van der Waals surface area (Å²) in [5, 5.41) is 11.4. The average Bonchev–Trinajstić information content (AvgIpc) is 3.25. The predicted octanol–water partition coefficient (Wildman–Crippen LogP) is 2.53. The zero-order valence-corrected chi connectivity index (χ0v) is 17.6. The molecule has 0 aromatic heterocycles. The van der Waals surface area contributed by atoms with Crippen LogP contribution in [0.5, 0.6) is 0 Å². The average molecular weight is 458 g/mol. The van der Waals surface area contributed by atoms with Gasteiger partial charge in [-0.3, -0.25) is 14.9 Å². The topological polar surface area (TPSA) is 96.2 Å². The van der Waals surface area contributed by atoms with Gasteiger partial charge in [-0.15, -0.1) is 0 Å². The third-order valence-corrected chi connectivity index (χ3v) is 5.85. The number of piperazine rings is 1. The lowest BCUT2D eigenvalue weighted by atomic mass is 10.0. The third-order valence-electron chi connectivity index (χ3n) is 5.85. The van der Waals surface area contributed by atoms with Gasteiger partial charge < -0.3 is 19.4 Å². The summed E-state index contributed by atoms with van der Waals surface area (Å²) in [6.45, 7) is 2.99. The first kappa shape index (κ1) is 23.8. The fraction of sp³-hybridized carbons (Fsp3) is 0.600. The molecule has 1 aromatic rings. The van der Waals surface area contributed by atoms with Gasteiger partial charge in [0.05, 0.1) is 30.1 Å². The van der Waals surface area contributed by atoms with E-state index < -0.39 is 40.8 Å². The summed E-state index contributed by atoms with van der Waals surface area (Å²) in [5.74, 6) is -0.429. The molecule has 1 unspecified atom stereocenters. The highest BCUT2D eigenvalue weighted by Crippen LogP contribution is 2.33. The van der Waals surface area contributed by atoms with Crippen LogP contribution in [0.4, 0.5) is 23.7 Å². The van der Waals surface area contributed by atoms with E-state index in [1.807, 2.05) is 0 Å². The molecule has 0 N–H and O–H groups in total. The maximum atomic E-state index is 13.1. The zero-order valence-electron chi connectivity index (χ0n) is 17.6. The lowest BCUT2D eigenvalue weighted by Gasteiger charge is -2.42. The smallest absolute Gasteiger partial charge is 0.416 e. The number of rotatable bonds is 5. The maximum absolute atomic E-state index is 13.1. The number of amides is 2. The molecule has 2 fully saturated rings. The number of nitro benzene ring substituents is 1. The Labute approximate surface area is 182 Å². The predicted molar refractivity (Wildman–Crippen MR) is 107 cm³/mol. The monoisotopic (exact) mass is 458 g/mol.